The molecule has 5 nitrogen and oxygen atoms in total. The number of nitrogens with one attached hydrogen (secondary N) is 2. The van der Waals surface area contributed by atoms with Gasteiger partial charge in [0.15, 0.2) is 5.11 Å². The molecular weight excluding hydrogens is 264 g/mol. The number of benzene rings is 1. The van der Waals surface area contributed by atoms with Gasteiger partial charge >= 0.3 is 0 Å². The summed E-state index contributed by atoms with van der Waals surface area (Å²) in [5.41, 5.74) is 0.933. The molecule has 0 amide bonds. The second-order valence-corrected chi connectivity index (χ2v) is 5.14. The number of aliphatic hydroxyl groups excluding tert-OH is 1. The summed E-state index contributed by atoms with van der Waals surface area (Å²) in [6.07, 6.45) is -0.907. The number of rotatable bonds is 2. The lowest BCUT2D eigenvalue weighted by Gasteiger charge is -2.19. The van der Waals surface area contributed by atoms with Crippen LogP contribution < -0.4 is 10.6 Å². The molecule has 0 aliphatic carbocycles. The van der Waals surface area contributed by atoms with Gasteiger partial charge in [0.1, 0.15) is 18.3 Å². The van der Waals surface area contributed by atoms with Crippen LogP contribution >= 0.6 is 12.2 Å². The Kier molecular flexibility index (Phi) is 3.65. The number of hydrogen-bond donors (Lipinski definition) is 3. The molecular formula is C13H16N2O3S. The van der Waals surface area contributed by atoms with Crippen LogP contribution in [-0.4, -0.2) is 47.8 Å². The highest BCUT2D eigenvalue weighted by atomic mass is 32.1. The Bertz CT molecular complexity index is 456. The van der Waals surface area contributed by atoms with Gasteiger partial charge in [0.2, 0.25) is 0 Å². The maximum absolute atomic E-state index is 9.66. The molecule has 4 atom stereocenters. The zero-order valence-corrected chi connectivity index (χ0v) is 11.1. The van der Waals surface area contributed by atoms with E-state index in [1.165, 1.54) is 0 Å². The highest BCUT2D eigenvalue weighted by molar-refractivity contribution is 7.80. The van der Waals surface area contributed by atoms with Gasteiger partial charge in [0, 0.05) is 5.69 Å². The summed E-state index contributed by atoms with van der Waals surface area (Å²) >= 11 is 5.27. The Morgan fingerprint density at radius 1 is 1.16 bits per heavy atom. The molecule has 2 aliphatic rings. The number of aliphatic hydroxyl groups is 1. The van der Waals surface area contributed by atoms with E-state index in [9.17, 15) is 5.11 Å². The fourth-order valence-corrected chi connectivity index (χ4v) is 2.73. The number of anilines is 1. The summed E-state index contributed by atoms with van der Waals surface area (Å²) in [4.78, 5) is 0. The molecule has 2 aliphatic heterocycles. The van der Waals surface area contributed by atoms with Crippen molar-refractivity contribution in [2.24, 2.45) is 0 Å². The highest BCUT2D eigenvalue weighted by Crippen LogP contribution is 2.26. The summed E-state index contributed by atoms with van der Waals surface area (Å²) in [7, 11) is 0. The van der Waals surface area contributed by atoms with Crippen LogP contribution in [0, 0.1) is 0 Å². The summed E-state index contributed by atoms with van der Waals surface area (Å²) < 4.78 is 11.1. The van der Waals surface area contributed by atoms with Gasteiger partial charge in [-0.15, -0.1) is 0 Å². The van der Waals surface area contributed by atoms with Crippen molar-refractivity contribution in [2.75, 3.05) is 18.5 Å². The van der Waals surface area contributed by atoms with Crippen molar-refractivity contribution in [3.05, 3.63) is 30.3 Å². The topological polar surface area (TPSA) is 62.8 Å². The van der Waals surface area contributed by atoms with Gasteiger partial charge in [-0.25, -0.2) is 0 Å². The molecule has 19 heavy (non-hydrogen) atoms. The molecule has 0 bridgehead atoms. The first kappa shape index (κ1) is 12.8. The smallest absolute Gasteiger partial charge is 0.171 e. The van der Waals surface area contributed by atoms with Crippen molar-refractivity contribution in [3.63, 3.8) is 0 Å². The van der Waals surface area contributed by atoms with Crippen molar-refractivity contribution in [1.82, 2.24) is 5.32 Å². The molecule has 102 valence electrons. The maximum atomic E-state index is 9.66. The zero-order valence-electron chi connectivity index (χ0n) is 10.3. The highest BCUT2D eigenvalue weighted by Gasteiger charge is 2.47. The largest absolute Gasteiger partial charge is 0.388 e. The first-order valence-corrected chi connectivity index (χ1v) is 6.69. The van der Waals surface area contributed by atoms with E-state index in [-0.39, 0.29) is 18.2 Å². The summed E-state index contributed by atoms with van der Waals surface area (Å²) in [5.74, 6) is 0. The fourth-order valence-electron chi connectivity index (χ4n) is 2.46. The molecule has 2 saturated heterocycles. The van der Waals surface area contributed by atoms with Crippen molar-refractivity contribution in [3.8, 4) is 0 Å². The summed E-state index contributed by atoms with van der Waals surface area (Å²) in [6.45, 7) is 0.815. The lowest BCUT2D eigenvalue weighted by molar-refractivity contribution is 0.0180. The van der Waals surface area contributed by atoms with Crippen LogP contribution in [0.25, 0.3) is 0 Å². The molecule has 3 N–H and O–H groups in total. The number of para-hydroxylation sites is 1. The summed E-state index contributed by atoms with van der Waals surface area (Å²) in [6, 6.07) is 9.69. The van der Waals surface area contributed by atoms with Gasteiger partial charge < -0.3 is 25.2 Å². The van der Waals surface area contributed by atoms with E-state index in [2.05, 4.69) is 10.6 Å². The Hall–Kier alpha value is -1.21. The Balaban J connectivity index is 1.56. The van der Waals surface area contributed by atoms with E-state index in [1.807, 2.05) is 30.3 Å². The van der Waals surface area contributed by atoms with Crippen molar-refractivity contribution in [1.29, 1.82) is 0 Å². The van der Waals surface area contributed by atoms with Crippen molar-refractivity contribution < 1.29 is 14.6 Å². The zero-order chi connectivity index (χ0) is 13.2. The summed E-state index contributed by atoms with van der Waals surface area (Å²) in [5, 5.41) is 16.5. The van der Waals surface area contributed by atoms with E-state index < -0.39 is 6.10 Å². The van der Waals surface area contributed by atoms with Gasteiger partial charge in [-0.1, -0.05) is 18.2 Å². The molecule has 0 unspecified atom stereocenters. The molecule has 0 spiro atoms. The molecule has 2 fully saturated rings. The third kappa shape index (κ3) is 2.71. The third-order valence-corrected chi connectivity index (χ3v) is 3.60. The third-order valence-electron chi connectivity index (χ3n) is 3.38. The molecule has 2 heterocycles. The molecule has 3 rings (SSSR count). The first-order chi connectivity index (χ1) is 9.24. The number of thiocarbonyl (C=S) groups is 1. The predicted molar refractivity (Wildman–Crippen MR) is 75.1 cm³/mol. The van der Waals surface area contributed by atoms with Crippen molar-refractivity contribution in [2.45, 2.75) is 24.4 Å². The second kappa shape index (κ2) is 5.42. The SMILES string of the molecule is O[C@@H]1CO[C@H]2[C@H]1OC[C@H]2NC(=S)Nc1ccccc1. The average Bonchev–Trinajstić information content (AvgIpc) is 2.96. The molecule has 1 aromatic carbocycles. The Labute approximate surface area is 116 Å². The average molecular weight is 280 g/mol. The van der Waals surface area contributed by atoms with E-state index >= 15 is 0 Å². The van der Waals surface area contributed by atoms with Crippen LogP contribution in [0.3, 0.4) is 0 Å². The van der Waals surface area contributed by atoms with Gasteiger partial charge in [-0.2, -0.15) is 0 Å². The molecule has 1 aromatic rings. The second-order valence-electron chi connectivity index (χ2n) is 4.73. The maximum Gasteiger partial charge on any atom is 0.171 e. The van der Waals surface area contributed by atoms with Gasteiger partial charge in [-0.05, 0) is 24.4 Å². The van der Waals surface area contributed by atoms with Crippen LogP contribution in [0.2, 0.25) is 0 Å². The predicted octanol–water partition coefficient (Wildman–Crippen LogP) is 0.500. The molecule has 0 radical (unpaired) electrons. The Morgan fingerprint density at radius 3 is 2.68 bits per heavy atom. The molecule has 0 aromatic heterocycles. The lowest BCUT2D eigenvalue weighted by Crippen LogP contribution is -2.45. The minimum atomic E-state index is -0.535. The minimum Gasteiger partial charge on any atom is -0.388 e. The van der Waals surface area contributed by atoms with E-state index in [1.54, 1.807) is 0 Å². The fraction of sp³-hybridized carbons (Fsp3) is 0.462. The van der Waals surface area contributed by atoms with Crippen LogP contribution in [0.15, 0.2) is 30.3 Å². The van der Waals surface area contributed by atoms with Gasteiger partial charge in [-0.3, -0.25) is 0 Å². The Morgan fingerprint density at radius 2 is 1.89 bits per heavy atom. The normalized spacial score (nSPS) is 32.9. The lowest BCUT2D eigenvalue weighted by atomic mass is 10.1. The first-order valence-electron chi connectivity index (χ1n) is 6.28. The standard InChI is InChI=1S/C13H16N2O3S/c16-10-7-18-11-9(6-17-12(10)11)15-13(19)14-8-4-2-1-3-5-8/h1-5,9-12,16H,6-7H2,(H2,14,15,19)/t9-,10-,11-,12+/m1/s1. The number of fused-ring (bicyclic) bond motifs is 1. The monoisotopic (exact) mass is 280 g/mol. The van der Waals surface area contributed by atoms with E-state index in [4.69, 9.17) is 21.7 Å². The number of ether oxygens (including phenoxy) is 2. The van der Waals surface area contributed by atoms with E-state index in [0.29, 0.717) is 18.3 Å². The van der Waals surface area contributed by atoms with Crippen LogP contribution in [0.4, 0.5) is 5.69 Å². The molecule has 0 saturated carbocycles. The van der Waals surface area contributed by atoms with Gasteiger partial charge in [0.25, 0.3) is 0 Å². The van der Waals surface area contributed by atoms with Crippen LogP contribution in [0.1, 0.15) is 0 Å². The van der Waals surface area contributed by atoms with E-state index in [0.717, 1.165) is 5.69 Å². The number of hydrogen-bond acceptors (Lipinski definition) is 4. The van der Waals surface area contributed by atoms with Crippen LogP contribution in [-0.2, 0) is 9.47 Å². The quantitative estimate of drug-likeness (QED) is 0.686. The molecule has 6 heteroatoms. The van der Waals surface area contributed by atoms with Crippen LogP contribution in [0.5, 0.6) is 0 Å². The van der Waals surface area contributed by atoms with Gasteiger partial charge in [0.05, 0.1) is 19.3 Å². The van der Waals surface area contributed by atoms with Crippen molar-refractivity contribution >= 4 is 23.0 Å². The minimum absolute atomic E-state index is 0.0223.